The largest absolute Gasteiger partial charge is 0.496 e. The Hall–Kier alpha value is -3.73. The van der Waals surface area contributed by atoms with Gasteiger partial charge in [-0.1, -0.05) is 6.07 Å². The summed E-state index contributed by atoms with van der Waals surface area (Å²) in [4.78, 5) is 23.4. The monoisotopic (exact) mass is 507 g/mol. The Morgan fingerprint density at radius 2 is 1.49 bits per heavy atom. The van der Waals surface area contributed by atoms with Gasteiger partial charge in [-0.2, -0.15) is 0 Å². The standard InChI is InChI=1S/C24H29NO9S/c1-30-17-13-21(32-3)18(22(14-17)33-4)10-11-35(28,29)15-16-6-7-20(31-2)19(12-16)25-23(26)8-9-24(27)34-5/h6-7,10-14H,8-9,15H2,1-5H3,(H,25,26)/b11-10-. The molecule has 0 unspecified atom stereocenters. The number of carbonyl (C=O) groups is 2. The number of benzene rings is 2. The second-order valence-corrected chi connectivity index (χ2v) is 9.10. The van der Waals surface area contributed by atoms with Crippen LogP contribution in [0.3, 0.4) is 0 Å². The molecule has 0 saturated carbocycles. The van der Waals surface area contributed by atoms with E-state index in [0.717, 1.165) is 5.41 Å². The summed E-state index contributed by atoms with van der Waals surface area (Å²) in [5.41, 5.74) is 1.15. The molecule has 10 nitrogen and oxygen atoms in total. The van der Waals surface area contributed by atoms with Gasteiger partial charge >= 0.3 is 5.97 Å². The van der Waals surface area contributed by atoms with Crippen molar-refractivity contribution in [1.82, 2.24) is 0 Å². The fourth-order valence-electron chi connectivity index (χ4n) is 3.12. The first-order valence-electron chi connectivity index (χ1n) is 10.4. The highest BCUT2D eigenvalue weighted by Gasteiger charge is 2.16. The van der Waals surface area contributed by atoms with Crippen LogP contribution in [0, 0.1) is 0 Å². The molecule has 11 heteroatoms. The van der Waals surface area contributed by atoms with Crippen molar-refractivity contribution < 1.29 is 41.7 Å². The van der Waals surface area contributed by atoms with Crippen LogP contribution in [0.15, 0.2) is 35.7 Å². The second-order valence-electron chi connectivity index (χ2n) is 7.21. The zero-order chi connectivity index (χ0) is 26.0. The Bertz CT molecular complexity index is 1160. The number of ether oxygens (including phenoxy) is 5. The summed E-state index contributed by atoms with van der Waals surface area (Å²) in [5, 5.41) is 3.70. The molecule has 0 heterocycles. The van der Waals surface area contributed by atoms with E-state index in [9.17, 15) is 18.0 Å². The lowest BCUT2D eigenvalue weighted by Gasteiger charge is -2.13. The molecule has 0 spiro atoms. The average molecular weight is 508 g/mol. The smallest absolute Gasteiger partial charge is 0.306 e. The van der Waals surface area contributed by atoms with E-state index in [0.29, 0.717) is 34.1 Å². The summed E-state index contributed by atoms with van der Waals surface area (Å²) in [6.45, 7) is 0. The molecule has 0 fully saturated rings. The van der Waals surface area contributed by atoms with Gasteiger partial charge in [-0.15, -0.1) is 0 Å². The number of amides is 1. The van der Waals surface area contributed by atoms with Crippen molar-refractivity contribution in [2.45, 2.75) is 18.6 Å². The van der Waals surface area contributed by atoms with E-state index < -0.39 is 21.7 Å². The maximum absolute atomic E-state index is 12.8. The van der Waals surface area contributed by atoms with Gasteiger partial charge in [0, 0.05) is 24.0 Å². The first-order chi connectivity index (χ1) is 16.7. The Morgan fingerprint density at radius 1 is 0.857 bits per heavy atom. The molecule has 2 aromatic rings. The molecule has 0 atom stereocenters. The second kappa shape index (κ2) is 12.7. The molecule has 0 aliphatic carbocycles. The van der Waals surface area contributed by atoms with Crippen LogP contribution < -0.4 is 24.3 Å². The number of anilines is 1. The van der Waals surface area contributed by atoms with Crippen LogP contribution >= 0.6 is 0 Å². The normalized spacial score (nSPS) is 11.1. The molecule has 0 aliphatic rings. The maximum Gasteiger partial charge on any atom is 0.306 e. The number of methoxy groups -OCH3 is 5. The molecular weight excluding hydrogens is 478 g/mol. The highest BCUT2D eigenvalue weighted by atomic mass is 32.2. The summed E-state index contributed by atoms with van der Waals surface area (Å²) < 4.78 is 51.3. The number of nitrogens with one attached hydrogen (secondary N) is 1. The maximum atomic E-state index is 12.8. The number of carbonyl (C=O) groups excluding carboxylic acids is 2. The Balaban J connectivity index is 2.25. The van der Waals surface area contributed by atoms with Crippen molar-refractivity contribution in [1.29, 1.82) is 0 Å². The molecule has 1 amide bonds. The molecule has 0 radical (unpaired) electrons. The molecule has 1 N–H and O–H groups in total. The van der Waals surface area contributed by atoms with E-state index in [1.807, 2.05) is 0 Å². The van der Waals surface area contributed by atoms with Gasteiger partial charge in [-0.25, -0.2) is 8.42 Å². The van der Waals surface area contributed by atoms with E-state index in [2.05, 4.69) is 10.1 Å². The molecule has 2 aromatic carbocycles. The first-order valence-corrected chi connectivity index (χ1v) is 12.1. The third-order valence-electron chi connectivity index (χ3n) is 4.88. The minimum absolute atomic E-state index is 0.0815. The van der Waals surface area contributed by atoms with Crippen molar-refractivity contribution in [3.8, 4) is 23.0 Å². The van der Waals surface area contributed by atoms with E-state index in [1.165, 1.54) is 47.7 Å². The van der Waals surface area contributed by atoms with E-state index in [1.54, 1.807) is 24.3 Å². The molecule has 0 saturated heterocycles. The molecule has 0 aromatic heterocycles. The van der Waals surface area contributed by atoms with Crippen LogP contribution in [0.1, 0.15) is 24.0 Å². The highest BCUT2D eigenvalue weighted by Crippen LogP contribution is 2.35. The molecule has 190 valence electrons. The lowest BCUT2D eigenvalue weighted by Crippen LogP contribution is -2.15. The van der Waals surface area contributed by atoms with Crippen LogP contribution in [-0.4, -0.2) is 55.8 Å². The number of hydrogen-bond acceptors (Lipinski definition) is 9. The van der Waals surface area contributed by atoms with Crippen LogP contribution in [-0.2, 0) is 29.9 Å². The lowest BCUT2D eigenvalue weighted by molar-refractivity contribution is -0.141. The summed E-state index contributed by atoms with van der Waals surface area (Å²) >= 11 is 0. The van der Waals surface area contributed by atoms with E-state index in [4.69, 9.17) is 18.9 Å². The van der Waals surface area contributed by atoms with Gasteiger partial charge in [0.05, 0.1) is 59.0 Å². The van der Waals surface area contributed by atoms with Crippen molar-refractivity contribution in [3.05, 3.63) is 46.9 Å². The summed E-state index contributed by atoms with van der Waals surface area (Å²) in [6.07, 6.45) is 1.22. The van der Waals surface area contributed by atoms with Gasteiger partial charge in [0.25, 0.3) is 0 Å². The quantitative estimate of drug-likeness (QED) is 0.431. The van der Waals surface area contributed by atoms with E-state index in [-0.39, 0.29) is 24.3 Å². The number of sulfone groups is 1. The van der Waals surface area contributed by atoms with E-state index >= 15 is 0 Å². The van der Waals surface area contributed by atoms with Crippen molar-refractivity contribution in [2.24, 2.45) is 0 Å². The number of hydrogen-bond donors (Lipinski definition) is 1. The number of esters is 1. The van der Waals surface area contributed by atoms with Crippen LogP contribution in [0.4, 0.5) is 5.69 Å². The zero-order valence-corrected chi connectivity index (χ0v) is 21.1. The Morgan fingerprint density at radius 3 is 2.03 bits per heavy atom. The molecule has 0 aliphatic heterocycles. The predicted molar refractivity (Wildman–Crippen MR) is 131 cm³/mol. The fourth-order valence-corrected chi connectivity index (χ4v) is 4.21. The summed E-state index contributed by atoms with van der Waals surface area (Å²) in [5.74, 6) is 0.331. The van der Waals surface area contributed by atoms with Gasteiger partial charge in [-0.05, 0) is 23.8 Å². The zero-order valence-electron chi connectivity index (χ0n) is 20.2. The van der Waals surface area contributed by atoms with Gasteiger partial charge < -0.3 is 29.0 Å². The SMILES string of the molecule is COC(=O)CCC(=O)Nc1cc(CS(=O)(=O)/C=C\c2c(OC)cc(OC)cc2OC)ccc1OC. The Labute approximate surface area is 204 Å². The first kappa shape index (κ1) is 27.5. The van der Waals surface area contributed by atoms with Gasteiger partial charge in [-0.3, -0.25) is 9.59 Å². The van der Waals surface area contributed by atoms with Gasteiger partial charge in [0.1, 0.15) is 23.0 Å². The molecule has 0 bridgehead atoms. The van der Waals surface area contributed by atoms with Gasteiger partial charge in [0.2, 0.25) is 5.91 Å². The van der Waals surface area contributed by atoms with Crippen molar-refractivity contribution >= 4 is 33.5 Å². The summed E-state index contributed by atoms with van der Waals surface area (Å²) in [7, 11) is 3.35. The van der Waals surface area contributed by atoms with Crippen LogP contribution in [0.5, 0.6) is 23.0 Å². The molecule has 2 rings (SSSR count). The minimum atomic E-state index is -3.73. The van der Waals surface area contributed by atoms with Crippen molar-refractivity contribution in [2.75, 3.05) is 40.9 Å². The summed E-state index contributed by atoms with van der Waals surface area (Å²) in [6, 6.07) is 7.89. The number of rotatable bonds is 12. The van der Waals surface area contributed by atoms with Crippen LogP contribution in [0.2, 0.25) is 0 Å². The Kier molecular flexibility index (Phi) is 9.95. The van der Waals surface area contributed by atoms with Crippen LogP contribution in [0.25, 0.3) is 6.08 Å². The third-order valence-corrected chi connectivity index (χ3v) is 6.17. The highest BCUT2D eigenvalue weighted by molar-refractivity contribution is 7.93. The predicted octanol–water partition coefficient (Wildman–Crippen LogP) is 3.20. The minimum Gasteiger partial charge on any atom is -0.496 e. The molecule has 35 heavy (non-hydrogen) atoms. The third kappa shape index (κ3) is 7.92. The average Bonchev–Trinajstić information content (AvgIpc) is 2.85. The molecular formula is C24H29NO9S. The van der Waals surface area contributed by atoms with Gasteiger partial charge in [0.15, 0.2) is 9.84 Å². The fraction of sp³-hybridized carbons (Fsp3) is 0.333. The van der Waals surface area contributed by atoms with Crippen molar-refractivity contribution in [3.63, 3.8) is 0 Å². The lowest BCUT2D eigenvalue weighted by atomic mass is 10.1. The topological polar surface area (TPSA) is 126 Å².